The summed E-state index contributed by atoms with van der Waals surface area (Å²) < 4.78 is 0. The molecule has 4 N–H and O–H groups in total. The summed E-state index contributed by atoms with van der Waals surface area (Å²) in [5, 5.41) is 30.2. The second-order valence-electron chi connectivity index (χ2n) is 7.86. The number of nitrogens with one attached hydrogen (secondary N) is 2. The Hall–Kier alpha value is -2.91. The van der Waals surface area contributed by atoms with Crippen LogP contribution in [0.5, 0.6) is 0 Å². The lowest BCUT2D eigenvalue weighted by Crippen LogP contribution is -2.50. The Morgan fingerprint density at radius 3 is 2.63 bits per heavy atom. The van der Waals surface area contributed by atoms with E-state index in [4.69, 9.17) is 4.84 Å². The molecule has 1 aliphatic rings. The van der Waals surface area contributed by atoms with Gasteiger partial charge in [0.15, 0.2) is 0 Å². The predicted octanol–water partition coefficient (Wildman–Crippen LogP) is 1.26. The molecule has 2 aromatic rings. The second-order valence-corrected chi connectivity index (χ2v) is 7.86. The van der Waals surface area contributed by atoms with Crippen molar-refractivity contribution in [2.75, 3.05) is 6.54 Å². The number of carbonyl (C=O) groups is 2. The summed E-state index contributed by atoms with van der Waals surface area (Å²) in [6, 6.07) is 13.3. The minimum absolute atomic E-state index is 0.160. The Bertz CT molecular complexity index is 947. The van der Waals surface area contributed by atoms with E-state index in [-0.39, 0.29) is 24.8 Å². The molecule has 30 heavy (non-hydrogen) atoms. The third-order valence-electron chi connectivity index (χ3n) is 4.90. The number of fused-ring (bicyclic) bond motifs is 1. The van der Waals surface area contributed by atoms with E-state index in [0.29, 0.717) is 17.7 Å². The van der Waals surface area contributed by atoms with Crippen molar-refractivity contribution in [1.82, 2.24) is 10.6 Å². The van der Waals surface area contributed by atoms with Crippen LogP contribution in [0.2, 0.25) is 0 Å². The van der Waals surface area contributed by atoms with Crippen LogP contribution >= 0.6 is 0 Å². The highest BCUT2D eigenvalue weighted by molar-refractivity contribution is 6.43. The van der Waals surface area contributed by atoms with Crippen molar-refractivity contribution in [1.29, 1.82) is 0 Å². The number of nitrogens with zero attached hydrogens (tertiary/aromatic N) is 1. The van der Waals surface area contributed by atoms with Gasteiger partial charge in [0.05, 0.1) is 18.2 Å². The molecule has 0 aromatic heterocycles. The summed E-state index contributed by atoms with van der Waals surface area (Å²) in [4.78, 5) is 30.0. The summed E-state index contributed by atoms with van der Waals surface area (Å²) in [5.74, 6) is -1.30. The molecule has 9 heteroatoms. The van der Waals surface area contributed by atoms with Crippen molar-refractivity contribution in [2.24, 2.45) is 11.1 Å². The number of amides is 2. The predicted molar refractivity (Wildman–Crippen MR) is 115 cm³/mol. The summed E-state index contributed by atoms with van der Waals surface area (Å²) in [6.45, 7) is 4.01. The molecule has 1 heterocycles. The Labute approximate surface area is 175 Å². The molecule has 0 aliphatic carbocycles. The van der Waals surface area contributed by atoms with Crippen LogP contribution in [0.1, 0.15) is 37.0 Å². The monoisotopic (exact) mass is 411 g/mol. The van der Waals surface area contributed by atoms with Crippen molar-refractivity contribution in [3.05, 3.63) is 48.0 Å². The maximum atomic E-state index is 12.4. The topological polar surface area (TPSA) is 120 Å². The molecule has 1 aliphatic heterocycles. The van der Waals surface area contributed by atoms with Crippen LogP contribution in [0.25, 0.3) is 10.8 Å². The normalized spacial score (nSPS) is 16.7. The maximum Gasteiger partial charge on any atom is 0.475 e. The molecule has 0 saturated carbocycles. The maximum absolute atomic E-state index is 12.4. The third kappa shape index (κ3) is 5.58. The second kappa shape index (κ2) is 9.73. The first-order chi connectivity index (χ1) is 14.3. The zero-order chi connectivity index (χ0) is 21.7. The third-order valence-corrected chi connectivity index (χ3v) is 4.90. The molecule has 1 unspecified atom stereocenters. The minimum Gasteiger partial charge on any atom is -0.426 e. The van der Waals surface area contributed by atoms with Gasteiger partial charge in [-0.2, -0.15) is 0 Å². The fourth-order valence-electron chi connectivity index (χ4n) is 3.33. The average molecular weight is 411 g/mol. The standard InChI is InChI=1S/C21H26BN3O5/c1-13(2)9-19(22(28)29)24-21(27)18-11-17(25-30-18)12-23-20(26)16-8-7-14-5-3-4-6-15(14)10-16/h3-8,10,13,18-19,28-29H,9,11-12H2,1-2H3,(H,23,26)(H,24,27)/t18?,19-/m0/s1. The first-order valence-electron chi connectivity index (χ1n) is 9.98. The summed E-state index contributed by atoms with van der Waals surface area (Å²) in [6.07, 6.45) is -0.211. The van der Waals surface area contributed by atoms with E-state index >= 15 is 0 Å². The highest BCUT2D eigenvalue weighted by Crippen LogP contribution is 2.16. The van der Waals surface area contributed by atoms with Crippen LogP contribution in [0.3, 0.4) is 0 Å². The first kappa shape index (κ1) is 21.8. The number of oxime groups is 1. The van der Waals surface area contributed by atoms with Crippen LogP contribution in [-0.2, 0) is 9.63 Å². The van der Waals surface area contributed by atoms with E-state index in [1.54, 1.807) is 6.07 Å². The number of benzene rings is 2. The van der Waals surface area contributed by atoms with Gasteiger partial charge in [-0.1, -0.05) is 49.3 Å². The Morgan fingerprint density at radius 1 is 1.20 bits per heavy atom. The highest BCUT2D eigenvalue weighted by Gasteiger charge is 2.33. The van der Waals surface area contributed by atoms with Gasteiger partial charge in [0, 0.05) is 12.0 Å². The van der Waals surface area contributed by atoms with Gasteiger partial charge in [-0.05, 0) is 35.2 Å². The minimum atomic E-state index is -1.65. The van der Waals surface area contributed by atoms with E-state index in [0.717, 1.165) is 10.8 Å². The molecule has 3 rings (SSSR count). The fraction of sp³-hybridized carbons (Fsp3) is 0.381. The number of hydrogen-bond donors (Lipinski definition) is 4. The largest absolute Gasteiger partial charge is 0.475 e. The van der Waals surface area contributed by atoms with E-state index < -0.39 is 25.1 Å². The summed E-state index contributed by atoms with van der Waals surface area (Å²) in [7, 11) is -1.65. The molecule has 8 nitrogen and oxygen atoms in total. The van der Waals surface area contributed by atoms with Gasteiger partial charge >= 0.3 is 7.12 Å². The van der Waals surface area contributed by atoms with Gasteiger partial charge in [0.25, 0.3) is 11.8 Å². The highest BCUT2D eigenvalue weighted by atomic mass is 16.6. The Morgan fingerprint density at radius 2 is 1.93 bits per heavy atom. The van der Waals surface area contributed by atoms with Crippen molar-refractivity contribution in [3.63, 3.8) is 0 Å². The van der Waals surface area contributed by atoms with Crippen molar-refractivity contribution < 1.29 is 24.5 Å². The van der Waals surface area contributed by atoms with Crippen LogP contribution in [0, 0.1) is 5.92 Å². The van der Waals surface area contributed by atoms with E-state index in [9.17, 15) is 19.6 Å². The number of hydrogen-bond acceptors (Lipinski definition) is 6. The van der Waals surface area contributed by atoms with Gasteiger partial charge in [-0.25, -0.2) is 0 Å². The number of carbonyl (C=O) groups excluding carboxylic acids is 2. The Kier molecular flexibility index (Phi) is 7.07. The number of rotatable bonds is 8. The molecular weight excluding hydrogens is 385 g/mol. The van der Waals surface area contributed by atoms with Crippen molar-refractivity contribution >= 4 is 35.4 Å². The molecule has 2 aromatic carbocycles. The molecule has 0 fully saturated rings. The van der Waals surface area contributed by atoms with Crippen LogP contribution < -0.4 is 10.6 Å². The fourth-order valence-corrected chi connectivity index (χ4v) is 3.33. The molecule has 0 spiro atoms. The van der Waals surface area contributed by atoms with E-state index in [1.807, 2.05) is 50.2 Å². The lowest BCUT2D eigenvalue weighted by atomic mass is 9.75. The van der Waals surface area contributed by atoms with Gasteiger partial charge in [0.1, 0.15) is 0 Å². The zero-order valence-electron chi connectivity index (χ0n) is 17.0. The molecular formula is C21H26BN3O5. The molecule has 0 bridgehead atoms. The van der Waals surface area contributed by atoms with Gasteiger partial charge < -0.3 is 25.5 Å². The lowest BCUT2D eigenvalue weighted by Gasteiger charge is -2.20. The van der Waals surface area contributed by atoms with Gasteiger partial charge in [0.2, 0.25) is 6.10 Å². The van der Waals surface area contributed by atoms with Crippen molar-refractivity contribution in [3.8, 4) is 0 Å². The molecule has 2 atom stereocenters. The van der Waals surface area contributed by atoms with Crippen LogP contribution in [-0.4, -0.2) is 53.3 Å². The SMILES string of the molecule is CC(C)C[C@H](NC(=O)C1CC(CNC(=O)c2ccc3ccccc3c2)=NO1)B(O)O. The lowest BCUT2D eigenvalue weighted by molar-refractivity contribution is -0.131. The smallest absolute Gasteiger partial charge is 0.426 e. The van der Waals surface area contributed by atoms with Crippen molar-refractivity contribution in [2.45, 2.75) is 38.7 Å². The van der Waals surface area contributed by atoms with Gasteiger partial charge in [-0.3, -0.25) is 9.59 Å². The molecule has 158 valence electrons. The van der Waals surface area contributed by atoms with E-state index in [2.05, 4.69) is 15.8 Å². The molecule has 0 saturated heterocycles. The van der Waals surface area contributed by atoms with Crippen LogP contribution in [0.4, 0.5) is 0 Å². The van der Waals surface area contributed by atoms with E-state index in [1.165, 1.54) is 0 Å². The molecule has 2 amide bonds. The zero-order valence-corrected chi connectivity index (χ0v) is 17.0. The first-order valence-corrected chi connectivity index (χ1v) is 9.98. The summed E-state index contributed by atoms with van der Waals surface area (Å²) in [5.41, 5.74) is 1.07. The quantitative estimate of drug-likeness (QED) is 0.488. The van der Waals surface area contributed by atoms with Crippen LogP contribution in [0.15, 0.2) is 47.6 Å². The Balaban J connectivity index is 1.50. The molecule has 0 radical (unpaired) electrons. The van der Waals surface area contributed by atoms with Gasteiger partial charge in [-0.15, -0.1) is 0 Å². The average Bonchev–Trinajstić information content (AvgIpc) is 3.20. The summed E-state index contributed by atoms with van der Waals surface area (Å²) >= 11 is 0.